The molecule has 0 fully saturated rings. The number of hydrogen-bond acceptors (Lipinski definition) is 4. The monoisotopic (exact) mass is 232 g/mol. The van der Waals surface area contributed by atoms with Gasteiger partial charge in [0.15, 0.2) is 0 Å². The molecule has 88 valence electrons. The number of amides is 2. The molecule has 2 heterocycles. The number of H-pyrrole nitrogens is 1. The molecule has 0 aromatic carbocycles. The van der Waals surface area contributed by atoms with Gasteiger partial charge < -0.3 is 10.6 Å². The minimum absolute atomic E-state index is 0.357. The van der Waals surface area contributed by atoms with Crippen LogP contribution in [0.3, 0.4) is 0 Å². The molecule has 0 radical (unpaired) electrons. The number of nitrogens with zero attached hydrogens (tertiary/aromatic N) is 2. The molecular formula is C10H12N6O. The van der Waals surface area contributed by atoms with Gasteiger partial charge in [0, 0.05) is 19.3 Å². The van der Waals surface area contributed by atoms with Gasteiger partial charge in [-0.2, -0.15) is 5.10 Å². The van der Waals surface area contributed by atoms with Crippen molar-refractivity contribution < 1.29 is 4.79 Å². The molecule has 0 aliphatic heterocycles. The van der Waals surface area contributed by atoms with E-state index >= 15 is 0 Å². The highest BCUT2D eigenvalue weighted by molar-refractivity contribution is 5.99. The first-order valence-electron chi connectivity index (χ1n) is 4.99. The Balaban J connectivity index is 1.93. The summed E-state index contributed by atoms with van der Waals surface area (Å²) in [6.45, 7) is 0. The van der Waals surface area contributed by atoms with Gasteiger partial charge in [-0.05, 0) is 12.1 Å². The third kappa shape index (κ3) is 2.94. The van der Waals surface area contributed by atoms with Crippen LogP contribution in [0.5, 0.6) is 0 Å². The summed E-state index contributed by atoms with van der Waals surface area (Å²) in [6.07, 6.45) is 3.20. The normalized spacial score (nSPS) is 9.71. The van der Waals surface area contributed by atoms with Gasteiger partial charge in [0.2, 0.25) is 0 Å². The molecular weight excluding hydrogens is 220 g/mol. The number of aromatic amines is 1. The Bertz CT molecular complexity index is 495. The summed E-state index contributed by atoms with van der Waals surface area (Å²) in [5.41, 5.74) is 0.623. The van der Waals surface area contributed by atoms with Crippen molar-refractivity contribution in [2.24, 2.45) is 0 Å². The minimum Gasteiger partial charge on any atom is -0.372 e. The van der Waals surface area contributed by atoms with E-state index in [1.807, 2.05) is 0 Å². The zero-order valence-electron chi connectivity index (χ0n) is 9.19. The molecule has 17 heavy (non-hydrogen) atoms. The summed E-state index contributed by atoms with van der Waals surface area (Å²) in [5, 5.41) is 14.7. The van der Waals surface area contributed by atoms with Crippen molar-refractivity contribution in [3.63, 3.8) is 0 Å². The predicted molar refractivity (Wildman–Crippen MR) is 65.0 cm³/mol. The van der Waals surface area contributed by atoms with Gasteiger partial charge >= 0.3 is 6.03 Å². The topological polar surface area (TPSA) is 94.7 Å². The first-order chi connectivity index (χ1) is 8.28. The van der Waals surface area contributed by atoms with Crippen molar-refractivity contribution in [2.45, 2.75) is 0 Å². The lowest BCUT2D eigenvalue weighted by Gasteiger charge is -2.04. The fourth-order valence-electron chi connectivity index (χ4n) is 1.24. The van der Waals surface area contributed by atoms with Crippen molar-refractivity contribution in [2.75, 3.05) is 23.0 Å². The van der Waals surface area contributed by atoms with Crippen LogP contribution in [0.15, 0.2) is 30.6 Å². The van der Waals surface area contributed by atoms with Crippen LogP contribution in [0.1, 0.15) is 0 Å². The number of nitrogens with one attached hydrogen (secondary N) is 4. The summed E-state index contributed by atoms with van der Waals surface area (Å²) in [4.78, 5) is 15.5. The molecule has 0 spiro atoms. The minimum atomic E-state index is -0.357. The number of carbonyl (C=O) groups is 1. The van der Waals surface area contributed by atoms with Gasteiger partial charge in [-0.1, -0.05) is 0 Å². The third-order valence-corrected chi connectivity index (χ3v) is 2.00. The van der Waals surface area contributed by atoms with Crippen molar-refractivity contribution >= 4 is 23.4 Å². The van der Waals surface area contributed by atoms with Crippen LogP contribution in [0.4, 0.5) is 22.1 Å². The van der Waals surface area contributed by atoms with Crippen LogP contribution < -0.4 is 16.0 Å². The Morgan fingerprint density at radius 2 is 2.29 bits per heavy atom. The second kappa shape index (κ2) is 4.97. The maximum absolute atomic E-state index is 11.6. The Labute approximate surface area is 97.6 Å². The number of aromatic nitrogens is 3. The highest BCUT2D eigenvalue weighted by atomic mass is 16.2. The van der Waals surface area contributed by atoms with E-state index in [4.69, 9.17) is 0 Å². The molecule has 0 atom stereocenters. The lowest BCUT2D eigenvalue weighted by Crippen LogP contribution is -2.19. The van der Waals surface area contributed by atoms with Crippen LogP contribution in [0.25, 0.3) is 0 Å². The first-order valence-corrected chi connectivity index (χ1v) is 4.99. The molecule has 2 aromatic rings. The third-order valence-electron chi connectivity index (χ3n) is 2.00. The second-order valence-corrected chi connectivity index (χ2v) is 3.24. The van der Waals surface area contributed by atoms with Crippen molar-refractivity contribution in [3.05, 3.63) is 30.6 Å². The van der Waals surface area contributed by atoms with E-state index in [1.165, 1.54) is 0 Å². The number of hydrogen-bond donors (Lipinski definition) is 4. The SMILES string of the molecule is CNc1cc(NC(=O)Nc2cccnc2)[nH]n1. The predicted octanol–water partition coefficient (Wildman–Crippen LogP) is 1.49. The number of anilines is 3. The molecule has 0 unspecified atom stereocenters. The first kappa shape index (κ1) is 10.9. The standard InChI is InChI=1S/C10H12N6O/c1-11-8-5-9(16-15-8)14-10(17)13-7-3-2-4-12-6-7/h2-6H,1H3,(H4,11,13,14,15,16,17). The van der Waals surface area contributed by atoms with Gasteiger partial charge in [-0.15, -0.1) is 0 Å². The molecule has 0 saturated carbocycles. The summed E-state index contributed by atoms with van der Waals surface area (Å²) in [5.74, 6) is 1.16. The largest absolute Gasteiger partial charge is 0.372 e. The Morgan fingerprint density at radius 1 is 1.41 bits per heavy atom. The average molecular weight is 232 g/mol. The summed E-state index contributed by atoms with van der Waals surface area (Å²) in [6, 6.07) is 4.82. The molecule has 7 heteroatoms. The lowest BCUT2D eigenvalue weighted by atomic mass is 10.4. The zero-order chi connectivity index (χ0) is 12.1. The van der Waals surface area contributed by atoms with Crippen molar-refractivity contribution in [3.8, 4) is 0 Å². The quantitative estimate of drug-likeness (QED) is 0.644. The smallest absolute Gasteiger partial charge is 0.324 e. The van der Waals surface area contributed by atoms with Gasteiger partial charge in [-0.3, -0.25) is 15.4 Å². The molecule has 0 aliphatic carbocycles. The van der Waals surface area contributed by atoms with Gasteiger partial charge in [-0.25, -0.2) is 4.79 Å². The van der Waals surface area contributed by atoms with E-state index in [1.54, 1.807) is 37.6 Å². The van der Waals surface area contributed by atoms with E-state index in [0.29, 0.717) is 17.3 Å². The molecule has 2 amide bonds. The van der Waals surface area contributed by atoms with E-state index in [0.717, 1.165) is 0 Å². The van der Waals surface area contributed by atoms with E-state index < -0.39 is 0 Å². The van der Waals surface area contributed by atoms with E-state index in [-0.39, 0.29) is 6.03 Å². The number of pyridine rings is 1. The van der Waals surface area contributed by atoms with Crippen LogP contribution >= 0.6 is 0 Å². The second-order valence-electron chi connectivity index (χ2n) is 3.24. The van der Waals surface area contributed by atoms with Crippen LogP contribution in [-0.4, -0.2) is 28.3 Å². The molecule has 2 rings (SSSR count). The Kier molecular flexibility index (Phi) is 3.20. The Hall–Kier alpha value is -2.57. The summed E-state index contributed by atoms with van der Waals surface area (Å²) < 4.78 is 0. The molecule has 4 N–H and O–H groups in total. The fraction of sp³-hybridized carbons (Fsp3) is 0.100. The summed E-state index contributed by atoms with van der Waals surface area (Å²) >= 11 is 0. The molecule has 0 saturated heterocycles. The average Bonchev–Trinajstić information content (AvgIpc) is 2.78. The van der Waals surface area contributed by atoms with Crippen molar-refractivity contribution in [1.82, 2.24) is 15.2 Å². The number of urea groups is 1. The lowest BCUT2D eigenvalue weighted by molar-refractivity contribution is 0.262. The van der Waals surface area contributed by atoms with Crippen molar-refractivity contribution in [1.29, 1.82) is 0 Å². The highest BCUT2D eigenvalue weighted by Gasteiger charge is 2.04. The fourth-order valence-corrected chi connectivity index (χ4v) is 1.24. The molecule has 0 aliphatic rings. The van der Waals surface area contributed by atoms with Crippen LogP contribution in [0, 0.1) is 0 Å². The maximum Gasteiger partial charge on any atom is 0.324 e. The zero-order valence-corrected chi connectivity index (χ0v) is 9.19. The van der Waals surface area contributed by atoms with Crippen LogP contribution in [-0.2, 0) is 0 Å². The molecule has 2 aromatic heterocycles. The summed E-state index contributed by atoms with van der Waals surface area (Å²) in [7, 11) is 1.75. The Morgan fingerprint density at radius 3 is 2.94 bits per heavy atom. The number of rotatable bonds is 3. The number of carbonyl (C=O) groups excluding carboxylic acids is 1. The molecule has 0 bridgehead atoms. The van der Waals surface area contributed by atoms with Gasteiger partial charge in [0.1, 0.15) is 11.6 Å². The van der Waals surface area contributed by atoms with E-state index in [9.17, 15) is 4.79 Å². The molecule has 7 nitrogen and oxygen atoms in total. The van der Waals surface area contributed by atoms with E-state index in [2.05, 4.69) is 31.1 Å². The maximum atomic E-state index is 11.6. The van der Waals surface area contributed by atoms with Gasteiger partial charge in [0.05, 0.1) is 11.9 Å². The van der Waals surface area contributed by atoms with Gasteiger partial charge in [0.25, 0.3) is 0 Å². The van der Waals surface area contributed by atoms with Crippen LogP contribution in [0.2, 0.25) is 0 Å². The highest BCUT2D eigenvalue weighted by Crippen LogP contribution is 2.10.